The van der Waals surface area contributed by atoms with Crippen LogP contribution in [0, 0.1) is 5.82 Å². The van der Waals surface area contributed by atoms with Crippen molar-refractivity contribution in [1.82, 2.24) is 15.3 Å². The van der Waals surface area contributed by atoms with Crippen LogP contribution < -0.4 is 20.7 Å². The third-order valence-corrected chi connectivity index (χ3v) is 6.77. The maximum Gasteiger partial charge on any atom is 0.251 e. The van der Waals surface area contributed by atoms with E-state index < -0.39 is 5.82 Å². The number of nitrogens with zero attached hydrogens (tertiary/aromatic N) is 2. The summed E-state index contributed by atoms with van der Waals surface area (Å²) < 4.78 is 25.2. The molecule has 1 aromatic heterocycles. The number of hydrogen-bond donors (Lipinski definition) is 3. The Morgan fingerprint density at radius 3 is 2.44 bits per heavy atom. The Bertz CT molecular complexity index is 1230. The topological polar surface area (TPSA) is 97.4 Å². The number of halogens is 1. The first-order valence-electron chi connectivity index (χ1n) is 13.4. The summed E-state index contributed by atoms with van der Waals surface area (Å²) >= 11 is 0. The van der Waals surface area contributed by atoms with Crippen molar-refractivity contribution >= 4 is 23.4 Å². The van der Waals surface area contributed by atoms with Crippen LogP contribution in [-0.2, 0) is 10.2 Å². The third kappa shape index (κ3) is 8.13. The van der Waals surface area contributed by atoms with Gasteiger partial charge in [-0.3, -0.25) is 4.79 Å². The van der Waals surface area contributed by atoms with Crippen LogP contribution in [0.15, 0.2) is 54.7 Å². The number of rotatable bonds is 10. The number of anilines is 3. The second-order valence-electron chi connectivity index (χ2n) is 10.9. The highest BCUT2D eigenvalue weighted by atomic mass is 19.1. The monoisotopic (exact) mass is 535 g/mol. The standard InChI is InChI=1S/C30H38FN5O3/c1-30(2,3)21-10-8-20(9-11-21)28(37)34-24-7-5-6-23(18-24)33-27-26(31)19-32-29(36-27)35-22-12-14-25(15-13-22)39-17-16-38-4/h8-15,19,23-24H,5-7,16-18H2,1-4H3,(H,34,37)(H2,32,33,35,36)/t23-,24-/m0/s1. The van der Waals surface area contributed by atoms with Crippen LogP contribution in [0.25, 0.3) is 0 Å². The van der Waals surface area contributed by atoms with Gasteiger partial charge in [0.1, 0.15) is 12.4 Å². The molecule has 39 heavy (non-hydrogen) atoms. The van der Waals surface area contributed by atoms with Crippen molar-refractivity contribution in [3.05, 3.63) is 71.7 Å². The van der Waals surface area contributed by atoms with Crippen molar-refractivity contribution in [1.29, 1.82) is 0 Å². The average molecular weight is 536 g/mol. The SMILES string of the molecule is COCCOc1ccc(Nc2ncc(F)c(N[C@H]3CCC[C@H](NC(=O)c4ccc(C(C)(C)C)cc4)C3)n2)cc1. The van der Waals surface area contributed by atoms with Gasteiger partial charge in [-0.2, -0.15) is 4.98 Å². The molecule has 8 nitrogen and oxygen atoms in total. The molecule has 0 spiro atoms. The Kier molecular flexibility index (Phi) is 9.35. The van der Waals surface area contributed by atoms with Gasteiger partial charge in [-0.15, -0.1) is 0 Å². The number of amides is 1. The van der Waals surface area contributed by atoms with Crippen LogP contribution in [0.4, 0.5) is 21.8 Å². The number of benzene rings is 2. The lowest BCUT2D eigenvalue weighted by atomic mass is 9.86. The Labute approximate surface area is 229 Å². The van der Waals surface area contributed by atoms with E-state index in [9.17, 15) is 9.18 Å². The van der Waals surface area contributed by atoms with E-state index in [0.29, 0.717) is 25.2 Å². The molecule has 9 heteroatoms. The highest BCUT2D eigenvalue weighted by molar-refractivity contribution is 5.94. The first kappa shape index (κ1) is 28.3. The van der Waals surface area contributed by atoms with E-state index in [-0.39, 0.29) is 35.2 Å². The number of carbonyl (C=O) groups excluding carboxylic acids is 1. The molecule has 1 heterocycles. The first-order valence-corrected chi connectivity index (χ1v) is 13.4. The molecule has 2 atom stereocenters. The van der Waals surface area contributed by atoms with Gasteiger partial charge in [0.25, 0.3) is 5.91 Å². The highest BCUT2D eigenvalue weighted by Crippen LogP contribution is 2.26. The minimum Gasteiger partial charge on any atom is -0.491 e. The van der Waals surface area contributed by atoms with Crippen molar-refractivity contribution < 1.29 is 18.7 Å². The van der Waals surface area contributed by atoms with Crippen molar-refractivity contribution in [3.8, 4) is 5.75 Å². The molecule has 4 rings (SSSR count). The lowest BCUT2D eigenvalue weighted by molar-refractivity contribution is 0.0926. The molecule has 0 saturated heterocycles. The van der Waals surface area contributed by atoms with Crippen molar-refractivity contribution in [3.63, 3.8) is 0 Å². The van der Waals surface area contributed by atoms with Gasteiger partial charge < -0.3 is 25.4 Å². The Balaban J connectivity index is 1.33. The third-order valence-electron chi connectivity index (χ3n) is 6.77. The summed E-state index contributed by atoms with van der Waals surface area (Å²) in [6.07, 6.45) is 4.51. The zero-order chi connectivity index (χ0) is 27.8. The van der Waals surface area contributed by atoms with E-state index in [1.807, 2.05) is 48.5 Å². The number of methoxy groups -OCH3 is 1. The molecule has 0 unspecified atom stereocenters. The van der Waals surface area contributed by atoms with Crippen LogP contribution in [0.1, 0.15) is 62.4 Å². The maximum absolute atomic E-state index is 14.6. The second-order valence-corrected chi connectivity index (χ2v) is 10.9. The summed E-state index contributed by atoms with van der Waals surface area (Å²) in [6, 6.07) is 15.1. The van der Waals surface area contributed by atoms with Crippen molar-refractivity contribution in [2.24, 2.45) is 0 Å². The summed E-state index contributed by atoms with van der Waals surface area (Å²) in [6.45, 7) is 7.42. The van der Waals surface area contributed by atoms with Gasteiger partial charge in [0.15, 0.2) is 11.6 Å². The van der Waals surface area contributed by atoms with Gasteiger partial charge in [-0.1, -0.05) is 32.9 Å². The average Bonchev–Trinajstić information content (AvgIpc) is 2.91. The number of ether oxygens (including phenoxy) is 2. The predicted octanol–water partition coefficient (Wildman–Crippen LogP) is 5.84. The number of aromatic nitrogens is 2. The Morgan fingerprint density at radius 1 is 1.03 bits per heavy atom. The lowest BCUT2D eigenvalue weighted by Crippen LogP contribution is -2.42. The molecule has 3 aromatic rings. The molecule has 0 aliphatic heterocycles. The molecule has 2 aromatic carbocycles. The predicted molar refractivity (Wildman–Crippen MR) is 151 cm³/mol. The molecule has 1 amide bonds. The van der Waals surface area contributed by atoms with E-state index in [1.165, 1.54) is 5.56 Å². The van der Waals surface area contributed by atoms with Gasteiger partial charge in [-0.05, 0) is 73.1 Å². The number of hydrogen-bond acceptors (Lipinski definition) is 7. The van der Waals surface area contributed by atoms with E-state index in [4.69, 9.17) is 9.47 Å². The van der Waals surface area contributed by atoms with Gasteiger partial charge in [0.05, 0.1) is 12.8 Å². The molecule has 1 fully saturated rings. The van der Waals surface area contributed by atoms with Gasteiger partial charge in [-0.25, -0.2) is 9.37 Å². The largest absolute Gasteiger partial charge is 0.491 e. The fourth-order valence-corrected chi connectivity index (χ4v) is 4.57. The molecule has 0 radical (unpaired) electrons. The Hall–Kier alpha value is -3.72. The number of carbonyl (C=O) groups is 1. The van der Waals surface area contributed by atoms with E-state index in [2.05, 4.69) is 46.7 Å². The molecular weight excluding hydrogens is 497 g/mol. The zero-order valence-electron chi connectivity index (χ0n) is 23.1. The number of nitrogens with one attached hydrogen (secondary N) is 3. The van der Waals surface area contributed by atoms with Gasteiger partial charge >= 0.3 is 0 Å². The summed E-state index contributed by atoms with van der Waals surface area (Å²) in [5.41, 5.74) is 2.62. The highest BCUT2D eigenvalue weighted by Gasteiger charge is 2.25. The summed E-state index contributed by atoms with van der Waals surface area (Å²) in [4.78, 5) is 21.3. The van der Waals surface area contributed by atoms with Crippen molar-refractivity contribution in [2.75, 3.05) is 31.0 Å². The van der Waals surface area contributed by atoms with Gasteiger partial charge in [0.2, 0.25) is 5.95 Å². The molecule has 208 valence electrons. The molecule has 1 aliphatic carbocycles. The lowest BCUT2D eigenvalue weighted by Gasteiger charge is -2.30. The minimum atomic E-state index is -0.521. The van der Waals surface area contributed by atoms with Crippen LogP contribution in [0.2, 0.25) is 0 Å². The summed E-state index contributed by atoms with van der Waals surface area (Å²) in [7, 11) is 1.63. The van der Waals surface area contributed by atoms with Crippen LogP contribution >= 0.6 is 0 Å². The minimum absolute atomic E-state index is 0.00170. The normalized spacial score (nSPS) is 17.4. The molecule has 0 bridgehead atoms. The maximum atomic E-state index is 14.6. The Morgan fingerprint density at radius 2 is 1.74 bits per heavy atom. The molecule has 3 N–H and O–H groups in total. The quantitative estimate of drug-likeness (QED) is 0.281. The zero-order valence-corrected chi connectivity index (χ0v) is 23.1. The molecular formula is C30H38FN5O3. The second kappa shape index (κ2) is 12.9. The summed E-state index contributed by atoms with van der Waals surface area (Å²) in [5.74, 6) is 0.539. The summed E-state index contributed by atoms with van der Waals surface area (Å²) in [5, 5.41) is 9.49. The molecule has 1 aliphatic rings. The van der Waals surface area contributed by atoms with E-state index in [1.54, 1.807) is 7.11 Å². The van der Waals surface area contributed by atoms with Crippen molar-refractivity contribution in [2.45, 2.75) is 64.0 Å². The van der Waals surface area contributed by atoms with E-state index >= 15 is 0 Å². The van der Waals surface area contributed by atoms with Crippen LogP contribution in [0.5, 0.6) is 5.75 Å². The molecule has 1 saturated carbocycles. The van der Waals surface area contributed by atoms with Gasteiger partial charge in [0, 0.05) is 30.4 Å². The van der Waals surface area contributed by atoms with Crippen LogP contribution in [0.3, 0.4) is 0 Å². The van der Waals surface area contributed by atoms with Crippen LogP contribution in [-0.4, -0.2) is 48.3 Å². The fraction of sp³-hybridized carbons (Fsp3) is 0.433. The van der Waals surface area contributed by atoms with E-state index in [0.717, 1.165) is 36.9 Å². The first-order chi connectivity index (χ1) is 18.7. The smallest absolute Gasteiger partial charge is 0.251 e. The fourth-order valence-electron chi connectivity index (χ4n) is 4.57.